The van der Waals surface area contributed by atoms with Gasteiger partial charge in [0.15, 0.2) is 0 Å². The number of para-hydroxylation sites is 2. The number of imidazole rings is 1. The molecule has 0 spiro atoms. The number of pyridine rings is 2. The Balaban J connectivity index is 0.000000188. The van der Waals surface area contributed by atoms with Gasteiger partial charge in [0.25, 0.3) is 0 Å². The van der Waals surface area contributed by atoms with E-state index in [0.717, 1.165) is 67.8 Å². The summed E-state index contributed by atoms with van der Waals surface area (Å²) in [7, 11) is -1.50. The second kappa shape index (κ2) is 14.7. The first-order valence-corrected chi connectivity index (χ1v) is 20.2. The van der Waals surface area contributed by atoms with Gasteiger partial charge in [-0.05, 0) is 53.5 Å². The molecule has 5 nitrogen and oxygen atoms in total. The van der Waals surface area contributed by atoms with Crippen LogP contribution in [0.1, 0.15) is 37.9 Å². The zero-order valence-electron chi connectivity index (χ0n) is 30.2. The Morgan fingerprint density at radius 2 is 1.60 bits per heavy atom. The zero-order chi connectivity index (χ0) is 35.0. The monoisotopic (exact) mass is 850 g/mol. The van der Waals surface area contributed by atoms with Crippen molar-refractivity contribution in [2.75, 3.05) is 0 Å². The van der Waals surface area contributed by atoms with Crippen molar-refractivity contribution in [1.82, 2.24) is 19.5 Å². The molecule has 0 saturated heterocycles. The van der Waals surface area contributed by atoms with E-state index in [2.05, 4.69) is 88.8 Å². The molecule has 1 radical (unpaired) electrons. The van der Waals surface area contributed by atoms with Gasteiger partial charge in [0, 0.05) is 45.3 Å². The maximum absolute atomic E-state index is 8.44. The van der Waals surface area contributed by atoms with Crippen molar-refractivity contribution in [3.63, 3.8) is 0 Å². The van der Waals surface area contributed by atoms with E-state index in [1.165, 1.54) is 10.8 Å². The molecule has 4 aromatic carbocycles. The van der Waals surface area contributed by atoms with Crippen molar-refractivity contribution in [3.8, 4) is 22.6 Å². The number of hydrogen-bond acceptors (Lipinski definition) is 4. The van der Waals surface area contributed by atoms with Crippen molar-refractivity contribution < 1.29 is 25.9 Å². The minimum Gasteiger partial charge on any atom is -0.486 e. The first kappa shape index (κ1) is 33.8. The summed E-state index contributed by atoms with van der Waals surface area (Å²) in [5, 5.41) is 3.32. The predicted octanol–water partition coefficient (Wildman–Crippen LogP) is 10.4. The maximum Gasteiger partial charge on any atom is 0.216 e. The fourth-order valence-electron chi connectivity index (χ4n) is 6.24. The summed E-state index contributed by atoms with van der Waals surface area (Å²) in [5.74, 6) is 0.240. The van der Waals surface area contributed by atoms with E-state index >= 15 is 0 Å². The molecule has 8 aromatic rings. The van der Waals surface area contributed by atoms with Gasteiger partial charge in [-0.3, -0.25) is 4.98 Å². The van der Waals surface area contributed by atoms with E-state index in [1.807, 2.05) is 93.7 Å². The van der Waals surface area contributed by atoms with Gasteiger partial charge < -0.3 is 14.0 Å². The van der Waals surface area contributed by atoms with Crippen LogP contribution in [0, 0.1) is 19.1 Å². The van der Waals surface area contributed by atoms with Crippen molar-refractivity contribution >= 4 is 46.4 Å². The van der Waals surface area contributed by atoms with Crippen LogP contribution in [0.3, 0.4) is 0 Å². The average molecular weight is 850 g/mol. The molecule has 0 aliphatic heterocycles. The average Bonchev–Trinajstić information content (AvgIpc) is 3.66. The number of aromatic nitrogens is 4. The zero-order valence-corrected chi connectivity index (χ0v) is 32.6. The number of hydrogen-bond donors (Lipinski definition) is 0. The van der Waals surface area contributed by atoms with Gasteiger partial charge in [-0.1, -0.05) is 98.5 Å². The molecule has 0 fully saturated rings. The molecule has 253 valence electrons. The SMILES string of the molecule is Cc1ccc2c(n1)oc1c(-c3nc4ccccc4n3Cc3ccccc3)[c-]ccc12.[2H]C(C)(C)c1cc(-c2[c-]cccc2)ncc1[Si](C)(C)C.[Ir]. The fraction of sp³-hybridized carbons (Fsp3) is 0.186. The predicted molar refractivity (Wildman–Crippen MR) is 205 cm³/mol. The van der Waals surface area contributed by atoms with E-state index in [4.69, 9.17) is 10.8 Å². The van der Waals surface area contributed by atoms with Crippen LogP contribution in [0.5, 0.6) is 0 Å². The summed E-state index contributed by atoms with van der Waals surface area (Å²) in [4.78, 5) is 14.2. The van der Waals surface area contributed by atoms with Gasteiger partial charge in [-0.2, -0.15) is 0 Å². The molecule has 0 aliphatic carbocycles. The fourth-order valence-corrected chi connectivity index (χ4v) is 7.82. The third kappa shape index (κ3) is 7.13. The molecule has 0 atom stereocenters. The second-order valence-electron chi connectivity index (χ2n) is 13.6. The Bertz CT molecular complexity index is 2450. The van der Waals surface area contributed by atoms with E-state index in [0.29, 0.717) is 5.71 Å². The largest absolute Gasteiger partial charge is 0.486 e. The van der Waals surface area contributed by atoms with E-state index in [9.17, 15) is 0 Å². The number of furan rings is 1. The van der Waals surface area contributed by atoms with Crippen LogP contribution < -0.4 is 5.19 Å². The van der Waals surface area contributed by atoms with Gasteiger partial charge in [0.1, 0.15) is 0 Å². The van der Waals surface area contributed by atoms with Gasteiger partial charge in [-0.15, -0.1) is 54.1 Å². The molecule has 0 bridgehead atoms. The second-order valence-corrected chi connectivity index (χ2v) is 18.7. The van der Waals surface area contributed by atoms with Crippen molar-refractivity contribution in [2.24, 2.45) is 0 Å². The van der Waals surface area contributed by atoms with E-state index in [-0.39, 0.29) is 20.1 Å². The number of aryl methyl sites for hydroxylation is 1. The molecular formula is C43H40IrN4OSi-2. The van der Waals surface area contributed by atoms with Crippen molar-refractivity contribution in [1.29, 1.82) is 0 Å². The first-order valence-electron chi connectivity index (χ1n) is 17.2. The van der Waals surface area contributed by atoms with E-state index < -0.39 is 14.0 Å². The Hall–Kier alpha value is -4.68. The van der Waals surface area contributed by atoms with Gasteiger partial charge in [0.05, 0.1) is 30.5 Å². The summed E-state index contributed by atoms with van der Waals surface area (Å²) in [6.07, 6.45) is 1.98. The summed E-state index contributed by atoms with van der Waals surface area (Å²) in [5.41, 5.74) is 9.47. The van der Waals surface area contributed by atoms with Crippen LogP contribution >= 0.6 is 0 Å². The van der Waals surface area contributed by atoms with Gasteiger partial charge in [0.2, 0.25) is 5.71 Å². The molecule has 0 unspecified atom stereocenters. The molecule has 50 heavy (non-hydrogen) atoms. The molecule has 0 saturated carbocycles. The summed E-state index contributed by atoms with van der Waals surface area (Å²) < 4.78 is 16.9. The minimum absolute atomic E-state index is 0. The summed E-state index contributed by atoms with van der Waals surface area (Å²) in [6, 6.07) is 43.2. The van der Waals surface area contributed by atoms with Gasteiger partial charge >= 0.3 is 0 Å². The Labute approximate surface area is 310 Å². The third-order valence-electron chi connectivity index (χ3n) is 8.74. The smallest absolute Gasteiger partial charge is 0.216 e. The van der Waals surface area contributed by atoms with Crippen LogP contribution in [0.15, 0.2) is 120 Å². The number of benzene rings is 4. The number of fused-ring (bicyclic) bond motifs is 4. The first-order chi connectivity index (χ1) is 24.0. The summed E-state index contributed by atoms with van der Waals surface area (Å²) >= 11 is 0. The molecule has 0 amide bonds. The van der Waals surface area contributed by atoms with Crippen LogP contribution in [0.25, 0.3) is 55.7 Å². The minimum atomic E-state index is -1.50. The van der Waals surface area contributed by atoms with Crippen molar-refractivity contribution in [2.45, 2.75) is 52.9 Å². The molecule has 4 aromatic heterocycles. The third-order valence-corrected chi connectivity index (χ3v) is 10.7. The standard InChI is InChI=1S/C26H18N3O.C17H22NSi.Ir/c1-17-14-15-20-19-10-7-11-21(24(19)30-26(20)27-17)25-28-22-12-5-6-13-23(22)29(25)16-18-8-3-2-4-9-18;1-13(2)15-11-16(14-9-7-6-8-10-14)18-12-17(15)19(3,4)5;/h2-10,12-15H,16H2,1H3;6-9,11-13H,1-5H3;/q2*-1;/i;13D;. The Morgan fingerprint density at radius 3 is 2.34 bits per heavy atom. The molecule has 8 rings (SSSR count). The van der Waals surface area contributed by atoms with Crippen LogP contribution in [-0.4, -0.2) is 27.6 Å². The number of nitrogens with zero attached hydrogens (tertiary/aromatic N) is 4. The molecular weight excluding hydrogens is 809 g/mol. The molecule has 0 aliphatic rings. The Morgan fingerprint density at radius 1 is 0.840 bits per heavy atom. The van der Waals surface area contributed by atoms with Gasteiger partial charge in [-0.25, -0.2) is 4.98 Å². The summed E-state index contributed by atoms with van der Waals surface area (Å²) in [6.45, 7) is 13.5. The molecule has 7 heteroatoms. The quantitative estimate of drug-likeness (QED) is 0.124. The Kier molecular flexibility index (Phi) is 9.91. The molecule has 0 N–H and O–H groups in total. The normalized spacial score (nSPS) is 12.0. The topological polar surface area (TPSA) is 56.7 Å². The molecule has 4 heterocycles. The maximum atomic E-state index is 8.44. The van der Waals surface area contributed by atoms with Crippen LogP contribution in [0.2, 0.25) is 19.6 Å². The van der Waals surface area contributed by atoms with Crippen LogP contribution in [-0.2, 0) is 26.7 Å². The van der Waals surface area contributed by atoms with Crippen molar-refractivity contribution in [3.05, 3.63) is 144 Å². The van der Waals surface area contributed by atoms with Crippen LogP contribution in [0.4, 0.5) is 0 Å². The van der Waals surface area contributed by atoms with E-state index in [1.54, 1.807) is 0 Å². The number of rotatable bonds is 6.